The first-order chi connectivity index (χ1) is 12.7. The molecule has 9 nitrogen and oxygen atoms in total. The average molecular weight is 398 g/mol. The number of carbonyl (C=O) groups is 4. The standard InChI is InChI=1S/C16H15FN2O7S/c1-8(20)26-6-9-7-27-15-16(17,14(24)19(15)12(9)13(22)23)18-11(21)5-10-3-2-4-25-10/h2-4,15H,5-7H2,1H3,(H,18,21)(H,22,23)/t15-,16-/m1/s1. The lowest BCUT2D eigenvalue weighted by molar-refractivity contribution is -0.172. The second-order valence-electron chi connectivity index (χ2n) is 5.89. The number of ether oxygens (including phenoxy) is 1. The van der Waals surface area contributed by atoms with Crippen molar-refractivity contribution in [1.29, 1.82) is 0 Å². The zero-order chi connectivity index (χ0) is 19.8. The van der Waals surface area contributed by atoms with Crippen molar-refractivity contribution in [2.75, 3.05) is 12.4 Å². The van der Waals surface area contributed by atoms with Gasteiger partial charge in [0.1, 0.15) is 23.4 Å². The number of rotatable bonds is 6. The van der Waals surface area contributed by atoms with Crippen molar-refractivity contribution in [3.05, 3.63) is 35.4 Å². The van der Waals surface area contributed by atoms with Crippen LogP contribution in [0, 0.1) is 0 Å². The normalized spacial score (nSPS) is 24.1. The molecular formula is C16H15FN2O7S. The van der Waals surface area contributed by atoms with Crippen LogP contribution in [0.1, 0.15) is 12.7 Å². The molecule has 0 bridgehead atoms. The van der Waals surface area contributed by atoms with Crippen molar-refractivity contribution in [2.45, 2.75) is 24.5 Å². The van der Waals surface area contributed by atoms with Gasteiger partial charge in [0.15, 0.2) is 0 Å². The minimum Gasteiger partial charge on any atom is -0.477 e. The van der Waals surface area contributed by atoms with Crippen molar-refractivity contribution < 1.29 is 37.8 Å². The maximum Gasteiger partial charge on any atom is 0.352 e. The molecule has 1 aromatic heterocycles. The second kappa shape index (κ2) is 7.06. The number of fused-ring (bicyclic) bond motifs is 1. The van der Waals surface area contributed by atoms with Gasteiger partial charge in [-0.05, 0) is 12.1 Å². The van der Waals surface area contributed by atoms with E-state index in [1.807, 2.05) is 5.32 Å². The van der Waals surface area contributed by atoms with E-state index in [-0.39, 0.29) is 24.4 Å². The number of aliphatic carboxylic acids is 1. The largest absolute Gasteiger partial charge is 0.477 e. The van der Waals surface area contributed by atoms with Gasteiger partial charge in [-0.3, -0.25) is 19.3 Å². The number of hydrogen-bond donors (Lipinski definition) is 2. The van der Waals surface area contributed by atoms with Crippen LogP contribution in [0.5, 0.6) is 0 Å². The molecule has 1 saturated heterocycles. The highest BCUT2D eigenvalue weighted by Crippen LogP contribution is 2.47. The summed E-state index contributed by atoms with van der Waals surface area (Å²) in [7, 11) is 0. The topological polar surface area (TPSA) is 126 Å². The second-order valence-corrected chi connectivity index (χ2v) is 6.96. The van der Waals surface area contributed by atoms with Gasteiger partial charge in [0, 0.05) is 18.2 Å². The number of halogens is 1. The first-order valence-corrected chi connectivity index (χ1v) is 8.85. The van der Waals surface area contributed by atoms with Crippen molar-refractivity contribution in [1.82, 2.24) is 10.2 Å². The molecule has 0 spiro atoms. The molecule has 0 aromatic carbocycles. The first kappa shape index (κ1) is 19.0. The molecule has 144 valence electrons. The number of hydrogen-bond acceptors (Lipinski definition) is 7. The van der Waals surface area contributed by atoms with Crippen molar-refractivity contribution >= 4 is 35.5 Å². The van der Waals surface area contributed by atoms with Crippen LogP contribution >= 0.6 is 11.8 Å². The van der Waals surface area contributed by atoms with Gasteiger partial charge in [0.2, 0.25) is 5.91 Å². The predicted octanol–water partition coefficient (Wildman–Crippen LogP) is 0.421. The summed E-state index contributed by atoms with van der Waals surface area (Å²) in [6.07, 6.45) is 1.10. The quantitative estimate of drug-likeness (QED) is 0.401. The Morgan fingerprint density at radius 3 is 2.85 bits per heavy atom. The molecule has 0 aliphatic carbocycles. The van der Waals surface area contributed by atoms with Crippen LogP contribution in [0.4, 0.5) is 4.39 Å². The minimum absolute atomic E-state index is 0.0308. The average Bonchev–Trinajstić information content (AvgIpc) is 3.11. The Balaban J connectivity index is 1.76. The molecule has 3 heterocycles. The van der Waals surface area contributed by atoms with Crippen LogP contribution in [-0.4, -0.2) is 57.3 Å². The van der Waals surface area contributed by atoms with E-state index in [9.17, 15) is 24.3 Å². The zero-order valence-corrected chi connectivity index (χ0v) is 14.9. The molecule has 2 aliphatic rings. The number of thioether (sulfide) groups is 1. The third kappa shape index (κ3) is 3.42. The summed E-state index contributed by atoms with van der Waals surface area (Å²) in [5.74, 6) is -6.41. The van der Waals surface area contributed by atoms with Gasteiger partial charge in [-0.15, -0.1) is 11.8 Å². The highest BCUT2D eigenvalue weighted by Gasteiger charge is 2.67. The maximum absolute atomic E-state index is 15.1. The van der Waals surface area contributed by atoms with Gasteiger partial charge >= 0.3 is 11.9 Å². The lowest BCUT2D eigenvalue weighted by atomic mass is 10.00. The molecule has 2 N–H and O–H groups in total. The Kier molecular flexibility index (Phi) is 4.96. The van der Waals surface area contributed by atoms with Crippen LogP contribution in [0.25, 0.3) is 0 Å². The number of carbonyl (C=O) groups excluding carboxylic acids is 3. The third-order valence-electron chi connectivity index (χ3n) is 3.98. The highest BCUT2D eigenvalue weighted by molar-refractivity contribution is 8.00. The fourth-order valence-corrected chi connectivity index (χ4v) is 4.13. The smallest absolute Gasteiger partial charge is 0.352 e. The molecule has 1 aromatic rings. The molecule has 2 amide bonds. The lowest BCUT2D eigenvalue weighted by Crippen LogP contribution is -2.77. The van der Waals surface area contributed by atoms with E-state index in [4.69, 9.17) is 9.15 Å². The fraction of sp³-hybridized carbons (Fsp3) is 0.375. The number of alkyl halides is 1. The van der Waals surface area contributed by atoms with Gasteiger partial charge in [0.25, 0.3) is 11.7 Å². The van der Waals surface area contributed by atoms with Crippen LogP contribution in [0.15, 0.2) is 34.1 Å². The van der Waals surface area contributed by atoms with Crippen molar-refractivity contribution in [2.24, 2.45) is 0 Å². The van der Waals surface area contributed by atoms with Gasteiger partial charge < -0.3 is 19.6 Å². The maximum atomic E-state index is 15.1. The Bertz CT molecular complexity index is 838. The molecule has 2 aliphatic heterocycles. The van der Waals surface area contributed by atoms with Crippen LogP contribution in [0.2, 0.25) is 0 Å². The number of nitrogens with zero attached hydrogens (tertiary/aromatic N) is 1. The molecule has 11 heteroatoms. The van der Waals surface area contributed by atoms with E-state index >= 15 is 4.39 Å². The van der Waals surface area contributed by atoms with Crippen LogP contribution in [0.3, 0.4) is 0 Å². The van der Waals surface area contributed by atoms with Crippen molar-refractivity contribution in [3.63, 3.8) is 0 Å². The van der Waals surface area contributed by atoms with Gasteiger partial charge in [-0.25, -0.2) is 9.18 Å². The number of furan rings is 1. The Labute approximate surface area is 156 Å². The molecular weight excluding hydrogens is 383 g/mol. The molecule has 0 radical (unpaired) electrons. The molecule has 0 saturated carbocycles. The van der Waals surface area contributed by atoms with E-state index in [1.165, 1.54) is 12.3 Å². The van der Waals surface area contributed by atoms with E-state index in [1.54, 1.807) is 6.07 Å². The van der Waals surface area contributed by atoms with Crippen molar-refractivity contribution in [3.8, 4) is 0 Å². The summed E-state index contributed by atoms with van der Waals surface area (Å²) in [5.41, 5.74) is -0.255. The predicted molar refractivity (Wildman–Crippen MR) is 88.8 cm³/mol. The monoisotopic (exact) mass is 398 g/mol. The number of carboxylic acid groups (broad SMARTS) is 1. The number of amides is 2. The van der Waals surface area contributed by atoms with E-state index < -0.39 is 40.6 Å². The molecule has 2 atom stereocenters. The van der Waals surface area contributed by atoms with Crippen LogP contribution in [-0.2, 0) is 30.3 Å². The first-order valence-electron chi connectivity index (χ1n) is 7.80. The molecule has 3 rings (SSSR count). The molecule has 1 fully saturated rings. The number of esters is 1. The number of β-lactam (4-membered cyclic amide) rings is 1. The Hall–Kier alpha value is -2.82. The van der Waals surface area contributed by atoms with Gasteiger partial charge in [-0.2, -0.15) is 0 Å². The van der Waals surface area contributed by atoms with E-state index in [0.717, 1.165) is 23.6 Å². The molecule has 27 heavy (non-hydrogen) atoms. The highest BCUT2D eigenvalue weighted by atomic mass is 32.2. The number of carboxylic acids is 1. The Morgan fingerprint density at radius 2 is 2.26 bits per heavy atom. The summed E-state index contributed by atoms with van der Waals surface area (Å²) >= 11 is 0.934. The van der Waals surface area contributed by atoms with E-state index in [2.05, 4.69) is 0 Å². The number of nitrogens with one attached hydrogen (secondary N) is 1. The Morgan fingerprint density at radius 1 is 1.52 bits per heavy atom. The summed E-state index contributed by atoms with van der Waals surface area (Å²) in [4.78, 5) is 47.6. The summed E-state index contributed by atoms with van der Waals surface area (Å²) in [6, 6.07) is 3.09. The fourth-order valence-electron chi connectivity index (χ4n) is 2.81. The van der Waals surface area contributed by atoms with Gasteiger partial charge in [0.05, 0.1) is 12.7 Å². The van der Waals surface area contributed by atoms with Crippen LogP contribution < -0.4 is 5.32 Å². The summed E-state index contributed by atoms with van der Waals surface area (Å²) in [5, 5.41) is 10.2. The SMILES string of the molecule is CC(=O)OCC1=C(C(=O)O)N2C(=O)[C@@](F)(NC(=O)Cc3ccco3)[C@H]2SC1. The van der Waals surface area contributed by atoms with Gasteiger partial charge in [-0.1, -0.05) is 0 Å². The van der Waals surface area contributed by atoms with E-state index in [0.29, 0.717) is 5.76 Å². The minimum atomic E-state index is -2.72. The lowest BCUT2D eigenvalue weighted by Gasteiger charge is -2.52. The zero-order valence-electron chi connectivity index (χ0n) is 14.1. The third-order valence-corrected chi connectivity index (χ3v) is 5.35. The summed E-state index contributed by atoms with van der Waals surface area (Å²) in [6.45, 7) is 0.848. The summed E-state index contributed by atoms with van der Waals surface area (Å²) < 4.78 is 24.9. The molecule has 0 unspecified atom stereocenters.